The zero-order valence-electron chi connectivity index (χ0n) is 13.7. The van der Waals surface area contributed by atoms with Gasteiger partial charge < -0.3 is 5.32 Å². The highest BCUT2D eigenvalue weighted by Gasteiger charge is 2.24. The van der Waals surface area contributed by atoms with Crippen LogP contribution < -0.4 is 10.7 Å². The van der Waals surface area contributed by atoms with Crippen LogP contribution in [0.25, 0.3) is 0 Å². The third kappa shape index (κ3) is 5.62. The molecule has 0 fully saturated rings. The lowest BCUT2D eigenvalue weighted by molar-refractivity contribution is -0.129. The summed E-state index contributed by atoms with van der Waals surface area (Å²) in [6.45, 7) is 3.77. The minimum atomic E-state index is -0.620. The molecule has 2 amide bonds. The van der Waals surface area contributed by atoms with Crippen molar-refractivity contribution in [2.75, 3.05) is 0 Å². The van der Waals surface area contributed by atoms with E-state index in [1.54, 1.807) is 6.21 Å². The summed E-state index contributed by atoms with van der Waals surface area (Å²) in [5.41, 5.74) is 3.38. The van der Waals surface area contributed by atoms with Gasteiger partial charge in [0.25, 0.3) is 5.91 Å². The van der Waals surface area contributed by atoms with Gasteiger partial charge in [0, 0.05) is 4.88 Å². The SMILES string of the molecule is CC(C)[C@@H](NC(=O)Cc1cccs1)C(=O)NN=Cc1ccccc1. The molecule has 1 heterocycles. The standard InChI is InChI=1S/C18H21N3O2S/c1-13(2)17(20-16(22)11-15-9-6-10-24-15)18(23)21-19-12-14-7-4-3-5-8-14/h3-10,12-13,17H,11H2,1-2H3,(H,20,22)(H,21,23)/t17-/m1/s1. The van der Waals surface area contributed by atoms with Crippen LogP contribution in [0.2, 0.25) is 0 Å². The Morgan fingerprint density at radius 3 is 2.54 bits per heavy atom. The maximum absolute atomic E-state index is 12.3. The number of benzene rings is 1. The Morgan fingerprint density at radius 1 is 1.17 bits per heavy atom. The molecule has 1 aromatic heterocycles. The molecule has 1 atom stereocenters. The van der Waals surface area contributed by atoms with Gasteiger partial charge in [-0.15, -0.1) is 11.3 Å². The fourth-order valence-electron chi connectivity index (χ4n) is 2.11. The van der Waals surface area contributed by atoms with Crippen molar-refractivity contribution in [2.45, 2.75) is 26.3 Å². The first kappa shape index (κ1) is 17.9. The van der Waals surface area contributed by atoms with E-state index >= 15 is 0 Å². The minimum absolute atomic E-state index is 0.0378. The molecule has 6 heteroatoms. The normalized spacial score (nSPS) is 12.3. The third-order valence-electron chi connectivity index (χ3n) is 3.37. The minimum Gasteiger partial charge on any atom is -0.344 e. The smallest absolute Gasteiger partial charge is 0.262 e. The van der Waals surface area contributed by atoms with Crippen LogP contribution in [0.5, 0.6) is 0 Å². The second-order valence-electron chi connectivity index (χ2n) is 5.69. The zero-order valence-corrected chi connectivity index (χ0v) is 14.5. The van der Waals surface area contributed by atoms with Gasteiger partial charge in [0.05, 0.1) is 12.6 Å². The maximum atomic E-state index is 12.3. The Morgan fingerprint density at radius 2 is 1.92 bits per heavy atom. The Hall–Kier alpha value is -2.47. The van der Waals surface area contributed by atoms with E-state index in [0.29, 0.717) is 0 Å². The van der Waals surface area contributed by atoms with Crippen molar-refractivity contribution in [3.05, 3.63) is 58.3 Å². The van der Waals surface area contributed by atoms with Crippen LogP contribution in [0.4, 0.5) is 0 Å². The first-order valence-electron chi connectivity index (χ1n) is 7.76. The van der Waals surface area contributed by atoms with Crippen molar-refractivity contribution in [1.29, 1.82) is 0 Å². The summed E-state index contributed by atoms with van der Waals surface area (Å²) in [5, 5.41) is 8.66. The fraction of sp³-hybridized carbons (Fsp3) is 0.278. The molecule has 0 aliphatic rings. The van der Waals surface area contributed by atoms with Crippen molar-refractivity contribution in [1.82, 2.24) is 10.7 Å². The van der Waals surface area contributed by atoms with Gasteiger partial charge in [-0.1, -0.05) is 50.2 Å². The predicted molar refractivity (Wildman–Crippen MR) is 97.0 cm³/mol. The van der Waals surface area contributed by atoms with Crippen LogP contribution in [0.1, 0.15) is 24.3 Å². The molecule has 2 N–H and O–H groups in total. The quantitative estimate of drug-likeness (QED) is 0.599. The lowest BCUT2D eigenvalue weighted by atomic mass is 10.0. The number of hydrogen-bond donors (Lipinski definition) is 2. The molecule has 0 saturated heterocycles. The maximum Gasteiger partial charge on any atom is 0.262 e. The van der Waals surface area contributed by atoms with E-state index in [4.69, 9.17) is 0 Å². The number of rotatable bonds is 7. The van der Waals surface area contributed by atoms with Crippen molar-refractivity contribution < 1.29 is 9.59 Å². The van der Waals surface area contributed by atoms with Gasteiger partial charge in [-0.25, -0.2) is 5.43 Å². The number of thiophene rings is 1. The van der Waals surface area contributed by atoms with Gasteiger partial charge in [0.15, 0.2) is 0 Å². The zero-order chi connectivity index (χ0) is 17.4. The Kier molecular flexibility index (Phi) is 6.69. The molecule has 0 bridgehead atoms. The van der Waals surface area contributed by atoms with E-state index in [1.807, 2.05) is 61.7 Å². The Balaban J connectivity index is 1.90. The van der Waals surface area contributed by atoms with E-state index in [1.165, 1.54) is 11.3 Å². The topological polar surface area (TPSA) is 70.6 Å². The van der Waals surface area contributed by atoms with Crippen molar-refractivity contribution in [3.63, 3.8) is 0 Å². The lowest BCUT2D eigenvalue weighted by Crippen LogP contribution is -2.49. The summed E-state index contributed by atoms with van der Waals surface area (Å²) >= 11 is 1.52. The molecule has 0 unspecified atom stereocenters. The number of nitrogens with zero attached hydrogens (tertiary/aromatic N) is 1. The number of nitrogens with one attached hydrogen (secondary N) is 2. The van der Waals surface area contributed by atoms with Crippen LogP contribution in [-0.4, -0.2) is 24.1 Å². The number of hydrogen-bond acceptors (Lipinski definition) is 4. The van der Waals surface area contributed by atoms with E-state index < -0.39 is 6.04 Å². The fourth-order valence-corrected chi connectivity index (χ4v) is 2.81. The van der Waals surface area contributed by atoms with Crippen LogP contribution >= 0.6 is 11.3 Å². The molecule has 24 heavy (non-hydrogen) atoms. The summed E-state index contributed by atoms with van der Waals surface area (Å²) in [4.78, 5) is 25.3. The molecule has 0 spiro atoms. The van der Waals surface area contributed by atoms with Gasteiger partial charge >= 0.3 is 0 Å². The molecule has 126 valence electrons. The molecule has 1 aromatic carbocycles. The molecule has 5 nitrogen and oxygen atoms in total. The largest absolute Gasteiger partial charge is 0.344 e. The van der Waals surface area contributed by atoms with Crippen molar-refractivity contribution in [3.8, 4) is 0 Å². The van der Waals surface area contributed by atoms with Gasteiger partial charge in [0.1, 0.15) is 6.04 Å². The van der Waals surface area contributed by atoms with E-state index in [-0.39, 0.29) is 24.2 Å². The third-order valence-corrected chi connectivity index (χ3v) is 4.24. The van der Waals surface area contributed by atoms with E-state index in [0.717, 1.165) is 10.4 Å². The molecule has 0 aliphatic carbocycles. The first-order chi connectivity index (χ1) is 11.6. The number of carbonyl (C=O) groups is 2. The molecule has 0 radical (unpaired) electrons. The summed E-state index contributed by atoms with van der Waals surface area (Å²) in [6, 6.07) is 12.7. The van der Waals surface area contributed by atoms with E-state index in [2.05, 4.69) is 15.8 Å². The van der Waals surface area contributed by atoms with Crippen LogP contribution in [-0.2, 0) is 16.0 Å². The highest BCUT2D eigenvalue weighted by molar-refractivity contribution is 7.10. The van der Waals surface area contributed by atoms with Gasteiger partial charge in [-0.2, -0.15) is 5.10 Å². The molecule has 0 aliphatic heterocycles. The summed E-state index contributed by atoms with van der Waals surface area (Å²) in [5.74, 6) is -0.528. The lowest BCUT2D eigenvalue weighted by Gasteiger charge is -2.20. The highest BCUT2D eigenvalue weighted by Crippen LogP contribution is 2.10. The molecule has 0 saturated carbocycles. The highest BCUT2D eigenvalue weighted by atomic mass is 32.1. The molecular formula is C18H21N3O2S. The van der Waals surface area contributed by atoms with Crippen molar-refractivity contribution in [2.24, 2.45) is 11.0 Å². The molecule has 2 rings (SSSR count). The second kappa shape index (κ2) is 8.98. The molecule has 2 aromatic rings. The monoisotopic (exact) mass is 343 g/mol. The first-order valence-corrected chi connectivity index (χ1v) is 8.64. The summed E-state index contributed by atoms with van der Waals surface area (Å²) in [6.07, 6.45) is 1.85. The van der Waals surface area contributed by atoms with Crippen molar-refractivity contribution >= 4 is 29.4 Å². The van der Waals surface area contributed by atoms with E-state index in [9.17, 15) is 9.59 Å². The Labute approximate surface area is 145 Å². The van der Waals surface area contributed by atoms with Crippen LogP contribution in [0.15, 0.2) is 52.9 Å². The average molecular weight is 343 g/mol. The number of carbonyl (C=O) groups excluding carboxylic acids is 2. The van der Waals surface area contributed by atoms with Gasteiger partial charge in [-0.05, 0) is 22.9 Å². The second-order valence-corrected chi connectivity index (χ2v) is 6.72. The molecular weight excluding hydrogens is 322 g/mol. The Bertz CT molecular complexity index is 682. The number of hydrazone groups is 1. The average Bonchev–Trinajstić information content (AvgIpc) is 3.06. The summed E-state index contributed by atoms with van der Waals surface area (Å²) in [7, 11) is 0. The van der Waals surface area contributed by atoms with Gasteiger partial charge in [-0.3, -0.25) is 9.59 Å². The van der Waals surface area contributed by atoms with Crippen LogP contribution in [0, 0.1) is 5.92 Å². The summed E-state index contributed by atoms with van der Waals surface area (Å²) < 4.78 is 0. The van der Waals surface area contributed by atoms with Crippen LogP contribution in [0.3, 0.4) is 0 Å². The predicted octanol–water partition coefficient (Wildman–Crippen LogP) is 2.58. The number of amides is 2. The van der Waals surface area contributed by atoms with Gasteiger partial charge in [0.2, 0.25) is 5.91 Å².